The van der Waals surface area contributed by atoms with Gasteiger partial charge in [0.05, 0.1) is 11.7 Å². The molecule has 0 spiro atoms. The van der Waals surface area contributed by atoms with Gasteiger partial charge < -0.3 is 5.32 Å². The van der Waals surface area contributed by atoms with Crippen LogP contribution in [-0.4, -0.2) is 36.1 Å². The minimum atomic E-state index is -0.236. The molecule has 0 saturated carbocycles. The van der Waals surface area contributed by atoms with Gasteiger partial charge in [-0.25, -0.2) is 4.68 Å². The molecule has 0 atom stereocenters. The summed E-state index contributed by atoms with van der Waals surface area (Å²) in [5.41, 5.74) is 0.177. The summed E-state index contributed by atoms with van der Waals surface area (Å²) >= 11 is 0. The molecule has 3 heterocycles. The third-order valence-electron chi connectivity index (χ3n) is 3.49. The number of H-pyrrole nitrogens is 1. The van der Waals surface area contributed by atoms with Crippen LogP contribution in [0, 0.1) is 0 Å². The summed E-state index contributed by atoms with van der Waals surface area (Å²) in [4.78, 5) is 19.4. The number of aryl methyl sites for hydroxylation is 1. The van der Waals surface area contributed by atoms with Gasteiger partial charge in [0, 0.05) is 25.5 Å². The molecule has 3 rings (SSSR count). The first-order valence-corrected chi connectivity index (χ1v) is 7.65. The number of aromatic amines is 1. The second-order valence-electron chi connectivity index (χ2n) is 6.43. The number of nitrogens with zero attached hydrogens (tertiary/aromatic N) is 5. The van der Waals surface area contributed by atoms with E-state index < -0.39 is 0 Å². The van der Waals surface area contributed by atoms with Crippen molar-refractivity contribution in [2.45, 2.75) is 39.3 Å². The van der Waals surface area contributed by atoms with E-state index in [-0.39, 0.29) is 11.1 Å². The summed E-state index contributed by atoms with van der Waals surface area (Å²) in [5.74, 6) is 0.467. The van der Waals surface area contributed by atoms with Crippen molar-refractivity contribution in [2.75, 3.05) is 11.9 Å². The van der Waals surface area contributed by atoms with Crippen molar-refractivity contribution in [3.05, 3.63) is 35.0 Å². The van der Waals surface area contributed by atoms with E-state index in [1.165, 1.54) is 0 Å². The van der Waals surface area contributed by atoms with E-state index in [4.69, 9.17) is 0 Å². The van der Waals surface area contributed by atoms with E-state index in [1.54, 1.807) is 17.1 Å². The van der Waals surface area contributed by atoms with Crippen LogP contribution in [0.5, 0.6) is 0 Å². The highest BCUT2D eigenvalue weighted by atomic mass is 16.1. The molecule has 0 aliphatic heterocycles. The molecule has 0 amide bonds. The smallest absolute Gasteiger partial charge is 0.263 e. The number of nitrogens with one attached hydrogen (secondary N) is 2. The maximum atomic E-state index is 12.2. The van der Waals surface area contributed by atoms with E-state index in [2.05, 4.69) is 25.5 Å². The van der Waals surface area contributed by atoms with Crippen LogP contribution in [0.4, 0.5) is 5.95 Å². The zero-order valence-corrected chi connectivity index (χ0v) is 13.6. The molecule has 0 aliphatic rings. The molecule has 0 unspecified atom stereocenters. The fourth-order valence-electron chi connectivity index (χ4n) is 2.37. The lowest BCUT2D eigenvalue weighted by Crippen LogP contribution is -2.24. The molecule has 3 aromatic heterocycles. The lowest BCUT2D eigenvalue weighted by Gasteiger charge is -2.19. The molecule has 0 fully saturated rings. The van der Waals surface area contributed by atoms with E-state index in [1.807, 2.05) is 37.7 Å². The minimum absolute atomic E-state index is 0.180. The normalized spacial score (nSPS) is 12.0. The van der Waals surface area contributed by atoms with Gasteiger partial charge >= 0.3 is 0 Å². The predicted molar refractivity (Wildman–Crippen MR) is 88.5 cm³/mol. The number of aromatic nitrogens is 6. The Kier molecular flexibility index (Phi) is 3.89. The highest BCUT2D eigenvalue weighted by Gasteiger charge is 2.19. The summed E-state index contributed by atoms with van der Waals surface area (Å²) in [6.07, 6.45) is 6.12. The summed E-state index contributed by atoms with van der Waals surface area (Å²) in [6, 6.07) is 1.90. The topological polar surface area (TPSA) is 93.4 Å². The number of hydrogen-bond acceptors (Lipinski definition) is 5. The Labute approximate surface area is 133 Å². The van der Waals surface area contributed by atoms with Crippen LogP contribution in [0.15, 0.2) is 29.5 Å². The van der Waals surface area contributed by atoms with Crippen LogP contribution in [0.1, 0.15) is 27.2 Å². The van der Waals surface area contributed by atoms with Crippen LogP contribution < -0.4 is 10.9 Å². The summed E-state index contributed by atoms with van der Waals surface area (Å²) in [7, 11) is 0. The SMILES string of the molecule is CC(C)(C)n1ncc2c(=O)[nH]c(NCCCn3cccn3)nc21. The molecule has 8 heteroatoms. The standard InChI is InChI=1S/C15H21N7O/c1-15(2,3)22-12-11(10-18-22)13(23)20-14(19-12)16-6-4-8-21-9-5-7-17-21/h5,7,9-10H,4,6,8H2,1-3H3,(H2,16,19,20,23). The van der Waals surface area contributed by atoms with Gasteiger partial charge in [0.25, 0.3) is 5.56 Å². The van der Waals surface area contributed by atoms with Crippen molar-refractivity contribution in [3.63, 3.8) is 0 Å². The zero-order chi connectivity index (χ0) is 16.4. The molecule has 0 aromatic carbocycles. The minimum Gasteiger partial charge on any atom is -0.356 e. The Bertz CT molecular complexity index is 839. The second kappa shape index (κ2) is 5.86. The number of hydrogen-bond donors (Lipinski definition) is 2. The molecule has 2 N–H and O–H groups in total. The van der Waals surface area contributed by atoms with Crippen molar-refractivity contribution >= 4 is 17.0 Å². The summed E-state index contributed by atoms with van der Waals surface area (Å²) < 4.78 is 3.64. The molecule has 0 aliphatic carbocycles. The first kappa shape index (κ1) is 15.3. The third kappa shape index (κ3) is 3.25. The van der Waals surface area contributed by atoms with Gasteiger partial charge in [-0.3, -0.25) is 14.5 Å². The first-order chi connectivity index (χ1) is 10.9. The highest BCUT2D eigenvalue weighted by molar-refractivity contribution is 5.74. The van der Waals surface area contributed by atoms with Gasteiger partial charge in [0.1, 0.15) is 5.39 Å². The molecule has 0 saturated heterocycles. The molecule has 122 valence electrons. The van der Waals surface area contributed by atoms with Crippen molar-refractivity contribution in [1.82, 2.24) is 29.5 Å². The van der Waals surface area contributed by atoms with Gasteiger partial charge in [-0.15, -0.1) is 0 Å². The van der Waals surface area contributed by atoms with Crippen molar-refractivity contribution < 1.29 is 0 Å². The maximum Gasteiger partial charge on any atom is 0.263 e. The van der Waals surface area contributed by atoms with Crippen LogP contribution in [0.3, 0.4) is 0 Å². The molecule has 0 radical (unpaired) electrons. The summed E-state index contributed by atoms with van der Waals surface area (Å²) in [5, 5.41) is 12.1. The van der Waals surface area contributed by atoms with E-state index in [0.29, 0.717) is 23.5 Å². The lowest BCUT2D eigenvalue weighted by atomic mass is 10.1. The Hall–Kier alpha value is -2.64. The molecule has 3 aromatic rings. The maximum absolute atomic E-state index is 12.2. The van der Waals surface area contributed by atoms with Gasteiger partial charge in [-0.05, 0) is 33.3 Å². The first-order valence-electron chi connectivity index (χ1n) is 7.65. The predicted octanol–water partition coefficient (Wildman–Crippen LogP) is 1.57. The fourth-order valence-corrected chi connectivity index (χ4v) is 2.37. The Morgan fingerprint density at radius 3 is 2.83 bits per heavy atom. The average Bonchev–Trinajstić information content (AvgIpc) is 3.12. The number of fused-ring (bicyclic) bond motifs is 1. The van der Waals surface area contributed by atoms with Gasteiger partial charge in [0.2, 0.25) is 5.95 Å². The van der Waals surface area contributed by atoms with Crippen LogP contribution in [0.25, 0.3) is 11.0 Å². The van der Waals surface area contributed by atoms with Crippen molar-refractivity contribution in [3.8, 4) is 0 Å². The lowest BCUT2D eigenvalue weighted by molar-refractivity contribution is 0.366. The van der Waals surface area contributed by atoms with Crippen LogP contribution in [-0.2, 0) is 12.1 Å². The van der Waals surface area contributed by atoms with Crippen LogP contribution in [0.2, 0.25) is 0 Å². The van der Waals surface area contributed by atoms with E-state index in [0.717, 1.165) is 13.0 Å². The fraction of sp³-hybridized carbons (Fsp3) is 0.467. The van der Waals surface area contributed by atoms with Crippen LogP contribution >= 0.6 is 0 Å². The van der Waals surface area contributed by atoms with Crippen molar-refractivity contribution in [2.24, 2.45) is 0 Å². The Balaban J connectivity index is 1.75. The third-order valence-corrected chi connectivity index (χ3v) is 3.49. The molecule has 8 nitrogen and oxygen atoms in total. The van der Waals surface area contributed by atoms with Gasteiger partial charge in [-0.1, -0.05) is 0 Å². The quantitative estimate of drug-likeness (QED) is 0.697. The number of rotatable bonds is 5. The zero-order valence-electron chi connectivity index (χ0n) is 13.6. The molecule has 0 bridgehead atoms. The molecular formula is C15H21N7O. The van der Waals surface area contributed by atoms with E-state index >= 15 is 0 Å². The highest BCUT2D eigenvalue weighted by Crippen LogP contribution is 2.18. The number of anilines is 1. The van der Waals surface area contributed by atoms with Gasteiger partial charge in [0.15, 0.2) is 5.65 Å². The Morgan fingerprint density at radius 1 is 1.30 bits per heavy atom. The van der Waals surface area contributed by atoms with E-state index in [9.17, 15) is 4.79 Å². The molecular weight excluding hydrogens is 294 g/mol. The second-order valence-corrected chi connectivity index (χ2v) is 6.43. The van der Waals surface area contributed by atoms with Gasteiger partial charge in [-0.2, -0.15) is 15.2 Å². The average molecular weight is 315 g/mol. The summed E-state index contributed by atoms with van der Waals surface area (Å²) in [6.45, 7) is 7.59. The molecule has 23 heavy (non-hydrogen) atoms. The van der Waals surface area contributed by atoms with Crippen molar-refractivity contribution in [1.29, 1.82) is 0 Å². The largest absolute Gasteiger partial charge is 0.356 e. The monoisotopic (exact) mass is 315 g/mol. The Morgan fingerprint density at radius 2 is 2.13 bits per heavy atom.